The Morgan fingerprint density at radius 3 is 2.58 bits per heavy atom. The number of H-pyrrole nitrogens is 1. The van der Waals surface area contributed by atoms with Crippen molar-refractivity contribution in [1.82, 2.24) is 14.8 Å². The Balaban J connectivity index is 2.31. The summed E-state index contributed by atoms with van der Waals surface area (Å²) >= 11 is 0. The van der Waals surface area contributed by atoms with E-state index in [1.165, 1.54) is 0 Å². The largest absolute Gasteiger partial charge is 0.477 e. The zero-order valence-corrected chi connectivity index (χ0v) is 10.8. The van der Waals surface area contributed by atoms with Gasteiger partial charge in [0, 0.05) is 25.0 Å². The number of aryl methyl sites for hydroxylation is 2. The molecule has 0 spiro atoms. The van der Waals surface area contributed by atoms with Crippen LogP contribution in [0.5, 0.6) is 0 Å². The molecular formula is C12H14N4O3. The van der Waals surface area contributed by atoms with Crippen LogP contribution >= 0.6 is 0 Å². The molecule has 0 aliphatic rings. The Labute approximate surface area is 109 Å². The first kappa shape index (κ1) is 12.9. The Morgan fingerprint density at radius 1 is 1.42 bits per heavy atom. The summed E-state index contributed by atoms with van der Waals surface area (Å²) in [5.41, 5.74) is 1.30. The Bertz CT molecular complexity index is 654. The Hall–Kier alpha value is -2.57. The van der Waals surface area contributed by atoms with Crippen molar-refractivity contribution in [2.75, 3.05) is 5.32 Å². The zero-order valence-electron chi connectivity index (χ0n) is 10.8. The van der Waals surface area contributed by atoms with E-state index in [1.54, 1.807) is 37.8 Å². The molecular weight excluding hydrogens is 248 g/mol. The molecule has 2 heterocycles. The molecule has 0 aliphatic carbocycles. The van der Waals surface area contributed by atoms with Crippen LogP contribution in [0, 0.1) is 13.8 Å². The first-order valence-corrected chi connectivity index (χ1v) is 5.63. The van der Waals surface area contributed by atoms with Crippen LogP contribution in [0.25, 0.3) is 0 Å². The summed E-state index contributed by atoms with van der Waals surface area (Å²) in [5.74, 6) is -1.04. The van der Waals surface area contributed by atoms with Crippen LogP contribution in [0.3, 0.4) is 0 Å². The normalized spacial score (nSPS) is 10.5. The quantitative estimate of drug-likeness (QED) is 0.776. The van der Waals surface area contributed by atoms with Crippen LogP contribution in [0.4, 0.5) is 5.82 Å². The van der Waals surface area contributed by atoms with Gasteiger partial charge in [0.25, 0.3) is 5.91 Å². The molecule has 0 saturated carbocycles. The molecule has 7 nitrogen and oxygen atoms in total. The van der Waals surface area contributed by atoms with Gasteiger partial charge >= 0.3 is 5.97 Å². The maximum atomic E-state index is 12.1. The highest BCUT2D eigenvalue weighted by molar-refractivity contribution is 6.07. The lowest BCUT2D eigenvalue weighted by Crippen LogP contribution is -2.14. The van der Waals surface area contributed by atoms with Crippen molar-refractivity contribution >= 4 is 17.7 Å². The molecule has 0 aliphatic heterocycles. The van der Waals surface area contributed by atoms with E-state index in [4.69, 9.17) is 5.11 Å². The van der Waals surface area contributed by atoms with Crippen LogP contribution in [0.2, 0.25) is 0 Å². The van der Waals surface area contributed by atoms with Crippen molar-refractivity contribution in [3.8, 4) is 0 Å². The van der Waals surface area contributed by atoms with Crippen molar-refractivity contribution < 1.29 is 14.7 Å². The van der Waals surface area contributed by atoms with E-state index in [2.05, 4.69) is 15.4 Å². The summed E-state index contributed by atoms with van der Waals surface area (Å²) in [4.78, 5) is 25.8. The van der Waals surface area contributed by atoms with E-state index in [0.29, 0.717) is 22.6 Å². The standard InChI is InChI=1S/C12H14N4O3/c1-6-9(7(2)13-10(6)12(18)19)11(17)14-8-4-5-16(3)15-8/h4-5,13H,1-3H3,(H,18,19)(H,14,15,17). The molecule has 0 bridgehead atoms. The molecule has 0 unspecified atom stereocenters. The van der Waals surface area contributed by atoms with Crippen LogP contribution in [0.15, 0.2) is 12.3 Å². The highest BCUT2D eigenvalue weighted by atomic mass is 16.4. The van der Waals surface area contributed by atoms with Crippen molar-refractivity contribution in [3.05, 3.63) is 34.8 Å². The molecule has 2 rings (SSSR count). The number of aromatic nitrogens is 3. The molecule has 100 valence electrons. The Kier molecular flexibility index (Phi) is 3.12. The lowest BCUT2D eigenvalue weighted by Gasteiger charge is -2.02. The predicted octanol–water partition coefficient (Wildman–Crippen LogP) is 1.32. The molecule has 3 N–H and O–H groups in total. The molecule has 0 saturated heterocycles. The topological polar surface area (TPSA) is 100 Å². The molecule has 7 heteroatoms. The third-order valence-corrected chi connectivity index (χ3v) is 2.83. The van der Waals surface area contributed by atoms with E-state index < -0.39 is 5.97 Å². The number of anilines is 1. The van der Waals surface area contributed by atoms with Gasteiger partial charge in [-0.1, -0.05) is 0 Å². The van der Waals surface area contributed by atoms with Crippen molar-refractivity contribution in [3.63, 3.8) is 0 Å². The molecule has 0 fully saturated rings. The van der Waals surface area contributed by atoms with E-state index in [-0.39, 0.29) is 11.6 Å². The number of amides is 1. The summed E-state index contributed by atoms with van der Waals surface area (Å²) in [6.07, 6.45) is 1.70. The monoisotopic (exact) mass is 262 g/mol. The van der Waals surface area contributed by atoms with Gasteiger partial charge in [-0.3, -0.25) is 9.48 Å². The van der Waals surface area contributed by atoms with Crippen LogP contribution < -0.4 is 5.32 Å². The summed E-state index contributed by atoms with van der Waals surface area (Å²) in [7, 11) is 1.74. The van der Waals surface area contributed by atoms with Gasteiger partial charge in [0.15, 0.2) is 5.82 Å². The minimum absolute atomic E-state index is 0.0312. The number of carboxylic acid groups (broad SMARTS) is 1. The highest BCUT2D eigenvalue weighted by Gasteiger charge is 2.21. The summed E-state index contributed by atoms with van der Waals surface area (Å²) in [6, 6.07) is 1.66. The third kappa shape index (κ3) is 2.35. The lowest BCUT2D eigenvalue weighted by molar-refractivity contribution is 0.0690. The lowest BCUT2D eigenvalue weighted by atomic mass is 10.1. The van der Waals surface area contributed by atoms with Gasteiger partial charge in [-0.2, -0.15) is 5.10 Å². The van der Waals surface area contributed by atoms with Gasteiger partial charge in [0.1, 0.15) is 5.69 Å². The molecule has 2 aromatic heterocycles. The zero-order chi connectivity index (χ0) is 14.2. The summed E-state index contributed by atoms with van der Waals surface area (Å²) in [5, 5.41) is 15.7. The minimum Gasteiger partial charge on any atom is -0.477 e. The minimum atomic E-state index is -1.09. The summed E-state index contributed by atoms with van der Waals surface area (Å²) < 4.78 is 1.56. The second-order valence-corrected chi connectivity index (χ2v) is 4.26. The number of aromatic amines is 1. The first-order valence-electron chi connectivity index (χ1n) is 5.63. The maximum absolute atomic E-state index is 12.1. The van der Waals surface area contributed by atoms with Crippen LogP contribution in [-0.4, -0.2) is 31.7 Å². The molecule has 0 radical (unpaired) electrons. The van der Waals surface area contributed by atoms with Gasteiger partial charge < -0.3 is 15.4 Å². The van der Waals surface area contributed by atoms with Gasteiger partial charge in [-0.25, -0.2) is 4.79 Å². The number of carboxylic acids is 1. The average Bonchev–Trinajstić information content (AvgIpc) is 2.83. The number of nitrogens with zero attached hydrogens (tertiary/aromatic N) is 2. The molecule has 0 aromatic carbocycles. The highest BCUT2D eigenvalue weighted by Crippen LogP contribution is 2.19. The molecule has 2 aromatic rings. The maximum Gasteiger partial charge on any atom is 0.352 e. The van der Waals surface area contributed by atoms with Gasteiger partial charge in [0.2, 0.25) is 0 Å². The molecule has 0 atom stereocenters. The number of nitrogens with one attached hydrogen (secondary N) is 2. The predicted molar refractivity (Wildman–Crippen MR) is 68.4 cm³/mol. The van der Waals surface area contributed by atoms with E-state index in [1.807, 2.05) is 0 Å². The third-order valence-electron chi connectivity index (χ3n) is 2.83. The fraction of sp³-hybridized carbons (Fsp3) is 0.250. The number of hydrogen-bond donors (Lipinski definition) is 3. The molecule has 1 amide bonds. The number of hydrogen-bond acceptors (Lipinski definition) is 3. The fourth-order valence-corrected chi connectivity index (χ4v) is 1.97. The van der Waals surface area contributed by atoms with Crippen molar-refractivity contribution in [2.24, 2.45) is 7.05 Å². The van der Waals surface area contributed by atoms with Crippen LogP contribution in [0.1, 0.15) is 32.1 Å². The van der Waals surface area contributed by atoms with Gasteiger partial charge in [-0.15, -0.1) is 0 Å². The average molecular weight is 262 g/mol. The van der Waals surface area contributed by atoms with Crippen molar-refractivity contribution in [2.45, 2.75) is 13.8 Å². The SMILES string of the molecule is Cc1[nH]c(C(=O)O)c(C)c1C(=O)Nc1ccn(C)n1. The number of carbonyl (C=O) groups excluding carboxylic acids is 1. The second-order valence-electron chi connectivity index (χ2n) is 4.26. The van der Waals surface area contributed by atoms with E-state index in [0.717, 1.165) is 0 Å². The van der Waals surface area contributed by atoms with Crippen molar-refractivity contribution in [1.29, 1.82) is 0 Å². The summed E-state index contributed by atoms with van der Waals surface area (Å²) in [6.45, 7) is 3.26. The number of carbonyl (C=O) groups is 2. The van der Waals surface area contributed by atoms with E-state index >= 15 is 0 Å². The molecule has 19 heavy (non-hydrogen) atoms. The van der Waals surface area contributed by atoms with Gasteiger partial charge in [0.05, 0.1) is 5.56 Å². The number of rotatable bonds is 3. The van der Waals surface area contributed by atoms with Gasteiger partial charge in [-0.05, 0) is 19.4 Å². The fourth-order valence-electron chi connectivity index (χ4n) is 1.97. The van der Waals surface area contributed by atoms with E-state index in [9.17, 15) is 9.59 Å². The van der Waals surface area contributed by atoms with Crippen LogP contribution in [-0.2, 0) is 7.05 Å². The number of aromatic carboxylic acids is 1. The second kappa shape index (κ2) is 4.60. The first-order chi connectivity index (χ1) is 8.90. The smallest absolute Gasteiger partial charge is 0.352 e. The Morgan fingerprint density at radius 2 is 2.11 bits per heavy atom.